The van der Waals surface area contributed by atoms with Crippen LogP contribution in [0.1, 0.15) is 5.69 Å². The van der Waals surface area contributed by atoms with E-state index in [2.05, 4.69) is 9.97 Å². The number of pyridine rings is 2. The van der Waals surface area contributed by atoms with Gasteiger partial charge in [-0.05, 0) is 24.3 Å². The molecule has 0 aliphatic rings. The van der Waals surface area contributed by atoms with Crippen molar-refractivity contribution >= 4 is 24.4 Å². The van der Waals surface area contributed by atoms with E-state index < -0.39 is 12.0 Å². The maximum atomic E-state index is 11.5. The molecule has 0 radical (unpaired) electrons. The number of nitrogens with one attached hydrogen (secondary N) is 1. The third-order valence-corrected chi connectivity index (χ3v) is 2.45. The lowest BCUT2D eigenvalue weighted by Gasteiger charge is -2.10. The number of halogens is 1. The Kier molecular flexibility index (Phi) is 7.44. The van der Waals surface area contributed by atoms with Gasteiger partial charge in [0.05, 0.1) is 12.2 Å². The fourth-order valence-corrected chi connectivity index (χ4v) is 1.48. The Balaban J connectivity index is 0.00000264. The van der Waals surface area contributed by atoms with Crippen LogP contribution in [0.15, 0.2) is 42.7 Å². The van der Waals surface area contributed by atoms with Crippen LogP contribution in [0.5, 0.6) is 11.6 Å². The highest BCUT2D eigenvalue weighted by atomic mass is 35.5. The van der Waals surface area contributed by atoms with Crippen molar-refractivity contribution in [3.8, 4) is 11.6 Å². The van der Waals surface area contributed by atoms with E-state index in [1.807, 2.05) is 11.4 Å². The monoisotopic (exact) mass is 338 g/mol. The second-order valence-corrected chi connectivity index (χ2v) is 4.06. The molecule has 8 nitrogen and oxygen atoms in total. The summed E-state index contributed by atoms with van der Waals surface area (Å²) in [4.78, 5) is 30.5. The predicted molar refractivity (Wildman–Crippen MR) is 83.3 cm³/mol. The average molecular weight is 339 g/mol. The van der Waals surface area contributed by atoms with E-state index in [9.17, 15) is 9.59 Å². The summed E-state index contributed by atoms with van der Waals surface area (Å²) in [5, 5.41) is 1.95. The van der Waals surface area contributed by atoms with Crippen molar-refractivity contribution in [1.82, 2.24) is 15.3 Å². The molecular weight excluding hydrogens is 324 g/mol. The molecule has 0 aliphatic carbocycles. The number of nitrogens with two attached hydrogens (primary N) is 1. The van der Waals surface area contributed by atoms with Crippen molar-refractivity contribution in [1.29, 1.82) is 0 Å². The third kappa shape index (κ3) is 5.89. The van der Waals surface area contributed by atoms with Gasteiger partial charge in [0, 0.05) is 12.4 Å². The standard InChI is InChI=1S/C14H14N4O4.ClH/c15-8-12(19)18-14(20)22-13-11(5-3-7-17-13)21-9-10-4-1-2-6-16-10;/h1-7H,8-9,15H2,(H,18,19,20);1H. The minimum atomic E-state index is -0.975. The number of carbonyl (C=O) groups is 2. The van der Waals surface area contributed by atoms with E-state index in [1.165, 1.54) is 6.20 Å². The molecule has 2 heterocycles. The molecule has 0 saturated carbocycles. The number of carbonyl (C=O) groups excluding carboxylic acids is 2. The van der Waals surface area contributed by atoms with Crippen molar-refractivity contribution in [2.75, 3.05) is 6.54 Å². The summed E-state index contributed by atoms with van der Waals surface area (Å²) >= 11 is 0. The predicted octanol–water partition coefficient (Wildman–Crippen LogP) is 1.05. The summed E-state index contributed by atoms with van der Waals surface area (Å²) in [6.45, 7) is -0.132. The van der Waals surface area contributed by atoms with Crippen LogP contribution in [0.3, 0.4) is 0 Å². The van der Waals surface area contributed by atoms with Crippen LogP contribution < -0.4 is 20.5 Å². The van der Waals surface area contributed by atoms with Gasteiger partial charge in [0.15, 0.2) is 5.75 Å². The van der Waals surface area contributed by atoms with Crippen LogP contribution in [0.4, 0.5) is 4.79 Å². The number of hydrogen-bond acceptors (Lipinski definition) is 7. The Morgan fingerprint density at radius 2 is 1.91 bits per heavy atom. The van der Waals surface area contributed by atoms with E-state index in [1.54, 1.807) is 30.5 Å². The molecule has 122 valence electrons. The van der Waals surface area contributed by atoms with Crippen molar-refractivity contribution in [3.63, 3.8) is 0 Å². The highest BCUT2D eigenvalue weighted by Gasteiger charge is 2.13. The molecule has 0 fully saturated rings. The smallest absolute Gasteiger partial charge is 0.420 e. The minimum Gasteiger partial charge on any atom is -0.482 e. The number of rotatable bonds is 5. The number of amides is 2. The maximum absolute atomic E-state index is 11.5. The number of aromatic nitrogens is 2. The van der Waals surface area contributed by atoms with Crippen molar-refractivity contribution in [3.05, 3.63) is 48.4 Å². The van der Waals surface area contributed by atoms with Crippen LogP contribution in [0, 0.1) is 0 Å². The number of nitrogens with zero attached hydrogens (tertiary/aromatic N) is 2. The molecule has 0 aliphatic heterocycles. The van der Waals surface area contributed by atoms with Gasteiger partial charge in [-0.2, -0.15) is 0 Å². The van der Waals surface area contributed by atoms with Crippen molar-refractivity contribution in [2.45, 2.75) is 6.61 Å². The normalized spacial score (nSPS) is 9.43. The molecule has 0 unspecified atom stereocenters. The molecule has 0 saturated heterocycles. The number of ether oxygens (including phenoxy) is 2. The van der Waals surface area contributed by atoms with Crippen molar-refractivity contribution < 1.29 is 19.1 Å². The number of imide groups is 1. The fourth-order valence-electron chi connectivity index (χ4n) is 1.48. The van der Waals surface area contributed by atoms with E-state index in [0.29, 0.717) is 5.69 Å². The lowest BCUT2D eigenvalue weighted by atomic mass is 10.4. The second kappa shape index (κ2) is 9.34. The molecule has 9 heteroatoms. The van der Waals surface area contributed by atoms with Gasteiger partial charge in [-0.1, -0.05) is 6.07 Å². The first kappa shape index (κ1) is 18.3. The molecular formula is C14H15ClN4O4. The van der Waals surface area contributed by atoms with Crippen LogP contribution in [-0.4, -0.2) is 28.5 Å². The molecule has 23 heavy (non-hydrogen) atoms. The van der Waals surface area contributed by atoms with Crippen LogP contribution in [0.2, 0.25) is 0 Å². The summed E-state index contributed by atoms with van der Waals surface area (Å²) in [5.41, 5.74) is 5.80. The Labute approximate surface area is 138 Å². The highest BCUT2D eigenvalue weighted by molar-refractivity contribution is 5.93. The quantitative estimate of drug-likeness (QED) is 0.836. The average Bonchev–Trinajstić information content (AvgIpc) is 2.54. The molecule has 0 atom stereocenters. The summed E-state index contributed by atoms with van der Waals surface area (Å²) < 4.78 is 10.4. The Hall–Kier alpha value is -2.71. The first-order valence-electron chi connectivity index (χ1n) is 6.38. The Bertz CT molecular complexity index is 654. The van der Waals surface area contributed by atoms with Gasteiger partial charge < -0.3 is 15.2 Å². The van der Waals surface area contributed by atoms with Crippen molar-refractivity contribution in [2.24, 2.45) is 5.73 Å². The summed E-state index contributed by atoms with van der Waals surface area (Å²) in [6, 6.07) is 8.63. The van der Waals surface area contributed by atoms with Gasteiger partial charge in [-0.15, -0.1) is 12.4 Å². The van der Waals surface area contributed by atoms with Crippen LogP contribution >= 0.6 is 12.4 Å². The zero-order valence-electron chi connectivity index (χ0n) is 12.0. The molecule has 2 amide bonds. The Morgan fingerprint density at radius 3 is 2.61 bits per heavy atom. The molecule has 2 aromatic rings. The SMILES string of the molecule is Cl.NCC(=O)NC(=O)Oc1ncccc1OCc1ccccn1. The molecule has 0 spiro atoms. The first-order chi connectivity index (χ1) is 10.7. The lowest BCUT2D eigenvalue weighted by molar-refractivity contribution is -0.118. The molecule has 2 rings (SSSR count). The molecule has 0 bridgehead atoms. The molecule has 2 aromatic heterocycles. The highest BCUT2D eigenvalue weighted by Crippen LogP contribution is 2.24. The minimum absolute atomic E-state index is 0. The van der Waals surface area contributed by atoms with E-state index in [4.69, 9.17) is 15.2 Å². The van der Waals surface area contributed by atoms with Gasteiger partial charge in [0.1, 0.15) is 6.61 Å². The van der Waals surface area contributed by atoms with Crippen LogP contribution in [0.25, 0.3) is 0 Å². The van der Waals surface area contributed by atoms with E-state index in [-0.39, 0.29) is 37.2 Å². The zero-order chi connectivity index (χ0) is 15.8. The fraction of sp³-hybridized carbons (Fsp3) is 0.143. The lowest BCUT2D eigenvalue weighted by Crippen LogP contribution is -2.37. The Morgan fingerprint density at radius 1 is 1.13 bits per heavy atom. The second-order valence-electron chi connectivity index (χ2n) is 4.06. The summed E-state index contributed by atoms with van der Waals surface area (Å²) in [5.74, 6) is -0.457. The van der Waals surface area contributed by atoms with E-state index in [0.717, 1.165) is 0 Å². The van der Waals surface area contributed by atoms with Gasteiger partial charge in [0.25, 0.3) is 5.88 Å². The van der Waals surface area contributed by atoms with Gasteiger partial charge in [0.2, 0.25) is 5.91 Å². The first-order valence-corrected chi connectivity index (χ1v) is 6.38. The zero-order valence-corrected chi connectivity index (χ0v) is 12.8. The topological polar surface area (TPSA) is 116 Å². The van der Waals surface area contributed by atoms with Gasteiger partial charge >= 0.3 is 6.09 Å². The maximum Gasteiger partial charge on any atom is 0.420 e. The summed E-state index contributed by atoms with van der Waals surface area (Å²) in [6.07, 6.45) is 2.10. The largest absolute Gasteiger partial charge is 0.482 e. The molecule has 3 N–H and O–H groups in total. The number of hydrogen-bond donors (Lipinski definition) is 2. The van der Waals surface area contributed by atoms with Crippen LogP contribution in [-0.2, 0) is 11.4 Å². The van der Waals surface area contributed by atoms with Gasteiger partial charge in [-0.3, -0.25) is 15.1 Å². The molecule has 0 aromatic carbocycles. The summed E-state index contributed by atoms with van der Waals surface area (Å²) in [7, 11) is 0. The van der Waals surface area contributed by atoms with E-state index >= 15 is 0 Å². The van der Waals surface area contributed by atoms with Gasteiger partial charge in [-0.25, -0.2) is 9.78 Å². The third-order valence-electron chi connectivity index (χ3n) is 2.45.